The Bertz CT molecular complexity index is 381. The van der Waals surface area contributed by atoms with E-state index in [0.717, 1.165) is 31.5 Å². The number of benzene rings is 1. The SMILES string of the molecule is CCCNC(CN(C)Cc1ccccc1F)C(C)CC. The van der Waals surface area contributed by atoms with Crippen molar-refractivity contribution in [1.82, 2.24) is 10.2 Å². The summed E-state index contributed by atoms with van der Waals surface area (Å²) in [4.78, 5) is 2.21. The first kappa shape index (κ1) is 17.1. The van der Waals surface area contributed by atoms with Gasteiger partial charge in [-0.1, -0.05) is 45.4 Å². The molecule has 0 saturated heterocycles. The minimum atomic E-state index is -0.110. The predicted molar refractivity (Wildman–Crippen MR) is 84.3 cm³/mol. The molecule has 20 heavy (non-hydrogen) atoms. The molecule has 2 nitrogen and oxygen atoms in total. The fourth-order valence-corrected chi connectivity index (χ4v) is 2.38. The van der Waals surface area contributed by atoms with Crippen LogP contribution in [0.3, 0.4) is 0 Å². The lowest BCUT2D eigenvalue weighted by Gasteiger charge is -2.29. The maximum atomic E-state index is 13.7. The molecular weight excluding hydrogens is 251 g/mol. The lowest BCUT2D eigenvalue weighted by Crippen LogP contribution is -2.43. The molecule has 0 radical (unpaired) electrons. The van der Waals surface area contributed by atoms with E-state index in [2.05, 4.69) is 38.0 Å². The summed E-state index contributed by atoms with van der Waals surface area (Å²) >= 11 is 0. The van der Waals surface area contributed by atoms with E-state index in [1.165, 1.54) is 6.07 Å². The first-order chi connectivity index (χ1) is 9.58. The second kappa shape index (κ2) is 9.09. The van der Waals surface area contributed by atoms with Crippen molar-refractivity contribution < 1.29 is 4.39 Å². The van der Waals surface area contributed by atoms with Crippen LogP contribution in [-0.4, -0.2) is 31.1 Å². The van der Waals surface area contributed by atoms with E-state index >= 15 is 0 Å². The first-order valence-electron chi connectivity index (χ1n) is 7.73. The van der Waals surface area contributed by atoms with Gasteiger partial charge in [0.1, 0.15) is 5.82 Å². The lowest BCUT2D eigenvalue weighted by molar-refractivity contribution is 0.236. The second-order valence-electron chi connectivity index (χ2n) is 5.73. The molecule has 0 bridgehead atoms. The quantitative estimate of drug-likeness (QED) is 0.742. The van der Waals surface area contributed by atoms with Crippen LogP contribution in [0, 0.1) is 11.7 Å². The molecule has 0 aliphatic carbocycles. The van der Waals surface area contributed by atoms with Crippen molar-refractivity contribution in [2.75, 3.05) is 20.1 Å². The number of rotatable bonds is 9. The Kier molecular flexibility index (Phi) is 7.78. The molecule has 1 N–H and O–H groups in total. The van der Waals surface area contributed by atoms with E-state index in [1.807, 2.05) is 12.1 Å². The zero-order valence-corrected chi connectivity index (χ0v) is 13.3. The maximum Gasteiger partial charge on any atom is 0.127 e. The zero-order chi connectivity index (χ0) is 15.0. The van der Waals surface area contributed by atoms with Gasteiger partial charge in [-0.3, -0.25) is 0 Å². The highest BCUT2D eigenvalue weighted by atomic mass is 19.1. The van der Waals surface area contributed by atoms with Gasteiger partial charge in [0, 0.05) is 24.7 Å². The van der Waals surface area contributed by atoms with Crippen molar-refractivity contribution >= 4 is 0 Å². The van der Waals surface area contributed by atoms with Gasteiger partial charge in [-0.05, 0) is 32.0 Å². The van der Waals surface area contributed by atoms with Crippen LogP contribution in [0.25, 0.3) is 0 Å². The normalized spacial score (nSPS) is 14.5. The number of halogens is 1. The molecule has 1 rings (SSSR count). The lowest BCUT2D eigenvalue weighted by atomic mass is 9.98. The standard InChI is InChI=1S/C17H29FN2/c1-5-11-19-17(14(3)6-2)13-20(4)12-15-9-7-8-10-16(15)18/h7-10,14,17,19H,5-6,11-13H2,1-4H3. The smallest absolute Gasteiger partial charge is 0.127 e. The third kappa shape index (κ3) is 5.59. The van der Waals surface area contributed by atoms with Gasteiger partial charge < -0.3 is 10.2 Å². The average Bonchev–Trinajstić information content (AvgIpc) is 2.45. The molecule has 0 aliphatic heterocycles. The van der Waals surface area contributed by atoms with Gasteiger partial charge in [0.2, 0.25) is 0 Å². The number of hydrogen-bond donors (Lipinski definition) is 1. The molecule has 1 aromatic rings. The molecule has 0 heterocycles. The summed E-state index contributed by atoms with van der Waals surface area (Å²) in [7, 11) is 2.06. The fourth-order valence-electron chi connectivity index (χ4n) is 2.38. The van der Waals surface area contributed by atoms with E-state index in [9.17, 15) is 4.39 Å². The molecule has 114 valence electrons. The van der Waals surface area contributed by atoms with Crippen LogP contribution in [0.5, 0.6) is 0 Å². The zero-order valence-electron chi connectivity index (χ0n) is 13.3. The molecular formula is C17H29FN2. The van der Waals surface area contributed by atoms with Crippen LogP contribution >= 0.6 is 0 Å². The van der Waals surface area contributed by atoms with Crippen LogP contribution in [0.2, 0.25) is 0 Å². The molecule has 0 fully saturated rings. The molecule has 0 aliphatic rings. The van der Waals surface area contributed by atoms with E-state index in [0.29, 0.717) is 18.5 Å². The highest BCUT2D eigenvalue weighted by Gasteiger charge is 2.17. The molecule has 2 atom stereocenters. The number of nitrogens with zero attached hydrogens (tertiary/aromatic N) is 1. The van der Waals surface area contributed by atoms with E-state index in [1.54, 1.807) is 6.07 Å². The van der Waals surface area contributed by atoms with Crippen LogP contribution in [0.15, 0.2) is 24.3 Å². The molecule has 2 unspecified atom stereocenters. The predicted octanol–water partition coefficient (Wildman–Crippen LogP) is 3.67. The third-order valence-electron chi connectivity index (χ3n) is 3.89. The molecule has 0 saturated carbocycles. The molecule has 0 aromatic heterocycles. The first-order valence-corrected chi connectivity index (χ1v) is 7.73. The number of hydrogen-bond acceptors (Lipinski definition) is 2. The van der Waals surface area contributed by atoms with E-state index in [4.69, 9.17) is 0 Å². The highest BCUT2D eigenvalue weighted by Crippen LogP contribution is 2.12. The summed E-state index contributed by atoms with van der Waals surface area (Å²) in [6, 6.07) is 7.50. The Hall–Kier alpha value is -0.930. The van der Waals surface area contributed by atoms with E-state index < -0.39 is 0 Å². The summed E-state index contributed by atoms with van der Waals surface area (Å²) in [5.41, 5.74) is 0.772. The van der Waals surface area contributed by atoms with Crippen molar-refractivity contribution in [2.45, 2.75) is 46.2 Å². The van der Waals surface area contributed by atoms with Gasteiger partial charge >= 0.3 is 0 Å². The van der Waals surface area contributed by atoms with Crippen molar-refractivity contribution in [1.29, 1.82) is 0 Å². The van der Waals surface area contributed by atoms with E-state index in [-0.39, 0.29) is 5.82 Å². The second-order valence-corrected chi connectivity index (χ2v) is 5.73. The maximum absolute atomic E-state index is 13.7. The van der Waals surface area contributed by atoms with Crippen LogP contribution in [0.4, 0.5) is 4.39 Å². The fraction of sp³-hybridized carbons (Fsp3) is 0.647. The Morgan fingerprint density at radius 2 is 1.95 bits per heavy atom. The summed E-state index contributed by atoms with van der Waals surface area (Å²) in [6.45, 7) is 9.34. The van der Waals surface area contributed by atoms with Gasteiger partial charge in [-0.25, -0.2) is 4.39 Å². The largest absolute Gasteiger partial charge is 0.312 e. The topological polar surface area (TPSA) is 15.3 Å². The van der Waals surface area contributed by atoms with Gasteiger partial charge in [-0.15, -0.1) is 0 Å². The molecule has 3 heteroatoms. The molecule has 1 aromatic carbocycles. The van der Waals surface area contributed by atoms with Crippen molar-refractivity contribution in [3.05, 3.63) is 35.6 Å². The summed E-state index contributed by atoms with van der Waals surface area (Å²) in [5.74, 6) is 0.519. The van der Waals surface area contributed by atoms with Gasteiger partial charge in [0.15, 0.2) is 0 Å². The van der Waals surface area contributed by atoms with Crippen LogP contribution in [-0.2, 0) is 6.54 Å². The summed E-state index contributed by atoms with van der Waals surface area (Å²) in [6.07, 6.45) is 2.30. The highest BCUT2D eigenvalue weighted by molar-refractivity contribution is 5.17. The summed E-state index contributed by atoms with van der Waals surface area (Å²) in [5, 5.41) is 3.62. The Morgan fingerprint density at radius 1 is 1.25 bits per heavy atom. The number of nitrogens with one attached hydrogen (secondary N) is 1. The monoisotopic (exact) mass is 280 g/mol. The Morgan fingerprint density at radius 3 is 2.55 bits per heavy atom. The number of likely N-dealkylation sites (N-methyl/N-ethyl adjacent to an activating group) is 1. The Balaban J connectivity index is 2.56. The van der Waals surface area contributed by atoms with Crippen molar-refractivity contribution in [2.24, 2.45) is 5.92 Å². The van der Waals surface area contributed by atoms with Crippen LogP contribution in [0.1, 0.15) is 39.2 Å². The van der Waals surface area contributed by atoms with Gasteiger partial charge in [0.25, 0.3) is 0 Å². The third-order valence-corrected chi connectivity index (χ3v) is 3.89. The van der Waals surface area contributed by atoms with Gasteiger partial charge in [-0.2, -0.15) is 0 Å². The molecule has 0 amide bonds. The van der Waals surface area contributed by atoms with Crippen LogP contribution < -0.4 is 5.32 Å². The van der Waals surface area contributed by atoms with Crippen molar-refractivity contribution in [3.63, 3.8) is 0 Å². The minimum Gasteiger partial charge on any atom is -0.312 e. The summed E-state index contributed by atoms with van der Waals surface area (Å²) < 4.78 is 13.7. The Labute approximate surface area is 123 Å². The molecule has 0 spiro atoms. The average molecular weight is 280 g/mol. The van der Waals surface area contributed by atoms with Crippen molar-refractivity contribution in [3.8, 4) is 0 Å². The van der Waals surface area contributed by atoms with Gasteiger partial charge in [0.05, 0.1) is 0 Å². The minimum absolute atomic E-state index is 0.110.